The third-order valence-electron chi connectivity index (χ3n) is 5.98. The summed E-state index contributed by atoms with van der Waals surface area (Å²) in [5.74, 6) is -2.92. The van der Waals surface area contributed by atoms with Gasteiger partial charge in [0.15, 0.2) is 0 Å². The van der Waals surface area contributed by atoms with Crippen LogP contribution >= 0.6 is 15.9 Å². The van der Waals surface area contributed by atoms with E-state index in [4.69, 9.17) is 0 Å². The van der Waals surface area contributed by atoms with E-state index in [0.717, 1.165) is 10.2 Å². The van der Waals surface area contributed by atoms with Crippen LogP contribution in [0.5, 0.6) is 0 Å². The molecule has 3 amide bonds. The van der Waals surface area contributed by atoms with Gasteiger partial charge in [0.1, 0.15) is 11.5 Å². The Balaban J connectivity index is 1.29. The maximum atomic E-state index is 13.5. The normalized spacial score (nSPS) is 10.8. The van der Waals surface area contributed by atoms with Gasteiger partial charge in [-0.1, -0.05) is 46.3 Å². The fourth-order valence-corrected chi connectivity index (χ4v) is 4.20. The second-order valence-corrected chi connectivity index (χ2v) is 9.80. The topological polar surface area (TPSA) is 117 Å². The molecule has 0 saturated carbocycles. The number of amides is 3. The van der Waals surface area contributed by atoms with Crippen LogP contribution in [0.15, 0.2) is 119 Å². The molecule has 4 aromatic carbocycles. The Labute approximate surface area is 248 Å². The smallest absolute Gasteiger partial charge is 0.322 e. The van der Waals surface area contributed by atoms with Crippen molar-refractivity contribution in [1.29, 1.82) is 0 Å². The average Bonchev–Trinajstić information content (AvgIpc) is 3.43. The maximum Gasteiger partial charge on any atom is 0.329 e. The second-order valence-electron chi connectivity index (χ2n) is 8.88. The zero-order chi connectivity index (χ0) is 29.5. The zero-order valence-electron chi connectivity index (χ0n) is 21.8. The van der Waals surface area contributed by atoms with Crippen molar-refractivity contribution in [1.82, 2.24) is 15.2 Å². The molecule has 5 aromatic rings. The number of nitrogens with zero attached hydrogens (tertiary/aromatic N) is 3. The van der Waals surface area contributed by atoms with Crippen LogP contribution in [0.1, 0.15) is 15.9 Å². The highest BCUT2D eigenvalue weighted by molar-refractivity contribution is 9.10. The monoisotopic (exact) mass is 624 g/mol. The summed E-state index contributed by atoms with van der Waals surface area (Å²) in [6.07, 6.45) is 3.04. The van der Waals surface area contributed by atoms with E-state index < -0.39 is 17.7 Å². The molecule has 0 atom stereocenters. The number of anilines is 2. The van der Waals surface area contributed by atoms with Crippen LogP contribution in [-0.4, -0.2) is 33.7 Å². The third kappa shape index (κ3) is 6.83. The zero-order valence-corrected chi connectivity index (χ0v) is 23.4. The molecule has 42 heavy (non-hydrogen) atoms. The van der Waals surface area contributed by atoms with E-state index in [1.165, 1.54) is 30.5 Å². The summed E-state index contributed by atoms with van der Waals surface area (Å²) < 4.78 is 16.0. The van der Waals surface area contributed by atoms with Crippen molar-refractivity contribution in [2.45, 2.75) is 0 Å². The van der Waals surface area contributed by atoms with Gasteiger partial charge in [0.05, 0.1) is 23.2 Å². The largest absolute Gasteiger partial charge is 0.329 e. The van der Waals surface area contributed by atoms with Gasteiger partial charge in [-0.3, -0.25) is 14.4 Å². The van der Waals surface area contributed by atoms with Crippen molar-refractivity contribution in [3.63, 3.8) is 0 Å². The van der Waals surface area contributed by atoms with Crippen LogP contribution in [0.3, 0.4) is 0 Å². The van der Waals surface area contributed by atoms with E-state index in [1.807, 2.05) is 30.3 Å². The summed E-state index contributed by atoms with van der Waals surface area (Å²) in [5.41, 5.74) is 5.51. The molecular weight excluding hydrogens is 603 g/mol. The first-order valence-corrected chi connectivity index (χ1v) is 13.4. The molecular formula is C31H22BrFN6O3. The number of hydrogen-bond acceptors (Lipinski definition) is 5. The lowest BCUT2D eigenvalue weighted by atomic mass is 10.1. The van der Waals surface area contributed by atoms with Crippen LogP contribution in [0.4, 0.5) is 15.8 Å². The predicted molar refractivity (Wildman–Crippen MR) is 162 cm³/mol. The number of benzene rings is 4. The molecule has 0 unspecified atom stereocenters. The standard InChI is InChI=1S/C31H22BrFN6O3/c32-22-12-16-24(17-13-22)35-29(40)26-8-4-5-9-27(26)36-30(41)31(42)37-34-18-21-19-39(25-6-2-1-3-7-25)38-28(21)20-10-14-23(33)15-11-20/h1-19H,(H,35,40)(H,36,41)(H,37,42)/b34-18-. The lowest BCUT2D eigenvalue weighted by Crippen LogP contribution is -2.33. The highest BCUT2D eigenvalue weighted by Gasteiger charge is 2.18. The highest BCUT2D eigenvalue weighted by atomic mass is 79.9. The Kier molecular flexibility index (Phi) is 8.59. The van der Waals surface area contributed by atoms with Gasteiger partial charge in [-0.25, -0.2) is 14.5 Å². The van der Waals surface area contributed by atoms with Gasteiger partial charge in [0.25, 0.3) is 5.91 Å². The van der Waals surface area contributed by atoms with Gasteiger partial charge in [0, 0.05) is 27.5 Å². The van der Waals surface area contributed by atoms with E-state index in [0.29, 0.717) is 22.5 Å². The second kappa shape index (κ2) is 12.8. The van der Waals surface area contributed by atoms with Gasteiger partial charge < -0.3 is 10.6 Å². The minimum absolute atomic E-state index is 0.152. The van der Waals surface area contributed by atoms with Gasteiger partial charge in [0.2, 0.25) is 0 Å². The maximum absolute atomic E-state index is 13.5. The molecule has 0 aliphatic carbocycles. The van der Waals surface area contributed by atoms with Crippen LogP contribution in [-0.2, 0) is 9.59 Å². The summed E-state index contributed by atoms with van der Waals surface area (Å²) in [5, 5.41) is 13.7. The third-order valence-corrected chi connectivity index (χ3v) is 6.51. The quantitative estimate of drug-likeness (QED) is 0.121. The Bertz CT molecular complexity index is 1770. The summed E-state index contributed by atoms with van der Waals surface area (Å²) in [7, 11) is 0. The average molecular weight is 625 g/mol. The molecule has 11 heteroatoms. The van der Waals surface area contributed by atoms with Crippen LogP contribution in [0.2, 0.25) is 0 Å². The van der Waals surface area contributed by atoms with Crippen molar-refractivity contribution < 1.29 is 18.8 Å². The molecule has 1 heterocycles. The number of aromatic nitrogens is 2. The minimum atomic E-state index is -1.05. The number of rotatable bonds is 7. The Morgan fingerprint density at radius 1 is 0.810 bits per heavy atom. The van der Waals surface area contributed by atoms with Crippen molar-refractivity contribution in [2.24, 2.45) is 5.10 Å². The highest BCUT2D eigenvalue weighted by Crippen LogP contribution is 2.23. The van der Waals surface area contributed by atoms with E-state index in [9.17, 15) is 18.8 Å². The lowest BCUT2D eigenvalue weighted by molar-refractivity contribution is -0.136. The number of carbonyl (C=O) groups is 3. The Hall–Kier alpha value is -5.42. The Morgan fingerprint density at radius 2 is 1.50 bits per heavy atom. The first-order chi connectivity index (χ1) is 20.4. The molecule has 0 fully saturated rings. The van der Waals surface area contributed by atoms with Crippen LogP contribution < -0.4 is 16.1 Å². The first-order valence-electron chi connectivity index (χ1n) is 12.6. The lowest BCUT2D eigenvalue weighted by Gasteiger charge is -2.11. The number of nitrogens with one attached hydrogen (secondary N) is 3. The molecule has 3 N–H and O–H groups in total. The molecule has 9 nitrogen and oxygen atoms in total. The van der Waals surface area contributed by atoms with E-state index in [-0.39, 0.29) is 17.1 Å². The molecule has 0 spiro atoms. The Morgan fingerprint density at radius 3 is 2.24 bits per heavy atom. The summed E-state index contributed by atoms with van der Waals surface area (Å²) in [6, 6.07) is 28.5. The molecule has 0 radical (unpaired) electrons. The molecule has 5 rings (SSSR count). The van der Waals surface area contributed by atoms with Crippen molar-refractivity contribution >= 4 is 51.2 Å². The number of halogens is 2. The number of carbonyl (C=O) groups excluding carboxylic acids is 3. The van der Waals surface area contributed by atoms with Crippen molar-refractivity contribution in [3.05, 3.63) is 131 Å². The first kappa shape index (κ1) is 28.1. The summed E-state index contributed by atoms with van der Waals surface area (Å²) in [6.45, 7) is 0. The van der Waals surface area contributed by atoms with Gasteiger partial charge >= 0.3 is 11.8 Å². The molecule has 208 valence electrons. The van der Waals surface area contributed by atoms with Gasteiger partial charge in [-0.05, 0) is 72.8 Å². The SMILES string of the molecule is O=C(N/N=C\c1cn(-c2ccccc2)nc1-c1ccc(F)cc1)C(=O)Nc1ccccc1C(=O)Nc1ccc(Br)cc1. The molecule has 0 aliphatic rings. The number of hydrogen-bond donors (Lipinski definition) is 3. The minimum Gasteiger partial charge on any atom is -0.322 e. The van der Waals surface area contributed by atoms with Crippen LogP contribution in [0.25, 0.3) is 16.9 Å². The molecule has 0 saturated heterocycles. The number of hydrazone groups is 1. The van der Waals surface area contributed by atoms with E-state index >= 15 is 0 Å². The molecule has 1 aromatic heterocycles. The molecule has 0 aliphatic heterocycles. The van der Waals surface area contributed by atoms with Crippen LogP contribution in [0, 0.1) is 5.82 Å². The van der Waals surface area contributed by atoms with Crippen molar-refractivity contribution in [3.8, 4) is 16.9 Å². The summed E-state index contributed by atoms with van der Waals surface area (Å²) in [4.78, 5) is 38.1. The van der Waals surface area contributed by atoms with E-state index in [2.05, 4.69) is 42.2 Å². The number of para-hydroxylation sites is 2. The van der Waals surface area contributed by atoms with E-state index in [1.54, 1.807) is 59.4 Å². The van der Waals surface area contributed by atoms with Crippen molar-refractivity contribution in [2.75, 3.05) is 10.6 Å². The fourth-order valence-electron chi connectivity index (χ4n) is 3.94. The molecule has 0 bridgehead atoms. The fraction of sp³-hybridized carbons (Fsp3) is 0. The summed E-state index contributed by atoms with van der Waals surface area (Å²) >= 11 is 3.34. The van der Waals surface area contributed by atoms with Gasteiger partial charge in [-0.2, -0.15) is 10.2 Å². The van der Waals surface area contributed by atoms with Gasteiger partial charge in [-0.15, -0.1) is 0 Å². The predicted octanol–water partition coefficient (Wildman–Crippen LogP) is 5.78.